The van der Waals surface area contributed by atoms with Gasteiger partial charge in [-0.15, -0.1) is 0 Å². The van der Waals surface area contributed by atoms with Gasteiger partial charge in [-0.1, -0.05) is 18.9 Å². The third kappa shape index (κ3) is 3.08. The largest absolute Gasteiger partial charge is 0.351 e. The lowest BCUT2D eigenvalue weighted by atomic mass is 10.1. The normalized spacial score (nSPS) is 17.4. The van der Waals surface area contributed by atoms with Crippen molar-refractivity contribution in [2.24, 2.45) is 0 Å². The van der Waals surface area contributed by atoms with Crippen LogP contribution in [0, 0.1) is 11.6 Å². The summed E-state index contributed by atoms with van der Waals surface area (Å²) in [5.41, 5.74) is -0.228. The van der Waals surface area contributed by atoms with E-state index in [1.54, 1.807) is 11.8 Å². The van der Waals surface area contributed by atoms with Crippen LogP contribution in [-0.4, -0.2) is 23.5 Å². The molecule has 5 heteroatoms. The summed E-state index contributed by atoms with van der Waals surface area (Å²) in [6.07, 6.45) is 6.45. The predicted octanol–water partition coefficient (Wildman–Crippen LogP) is 3.37. The lowest BCUT2D eigenvalue weighted by Crippen LogP contribution is -2.38. The molecule has 2 nitrogen and oxygen atoms in total. The van der Waals surface area contributed by atoms with E-state index in [4.69, 9.17) is 0 Å². The van der Waals surface area contributed by atoms with Crippen LogP contribution in [0.5, 0.6) is 0 Å². The highest BCUT2D eigenvalue weighted by Gasteiger charge is 2.33. The van der Waals surface area contributed by atoms with Crippen LogP contribution in [-0.2, 0) is 0 Å². The van der Waals surface area contributed by atoms with Crippen LogP contribution in [0.1, 0.15) is 36.0 Å². The van der Waals surface area contributed by atoms with Crippen molar-refractivity contribution in [3.8, 4) is 0 Å². The van der Waals surface area contributed by atoms with Gasteiger partial charge in [0.05, 0.1) is 5.56 Å². The molecule has 0 saturated heterocycles. The van der Waals surface area contributed by atoms with Gasteiger partial charge in [-0.3, -0.25) is 4.79 Å². The SMILES string of the molecule is CSC1(CNC(=O)c2cccc(F)c2F)CCCC1. The second-order valence-corrected chi connectivity index (χ2v) is 6.15. The van der Waals surface area contributed by atoms with Crippen LogP contribution in [0.2, 0.25) is 0 Å². The summed E-state index contributed by atoms with van der Waals surface area (Å²) in [4.78, 5) is 11.9. The summed E-state index contributed by atoms with van der Waals surface area (Å²) in [5.74, 6) is -2.62. The molecule has 1 amide bonds. The number of hydrogen-bond acceptors (Lipinski definition) is 2. The van der Waals surface area contributed by atoms with Gasteiger partial charge < -0.3 is 5.32 Å². The molecule has 0 unspecified atom stereocenters. The van der Waals surface area contributed by atoms with Crippen LogP contribution in [0.25, 0.3) is 0 Å². The van der Waals surface area contributed by atoms with E-state index in [2.05, 4.69) is 5.32 Å². The van der Waals surface area contributed by atoms with Crippen molar-refractivity contribution in [3.63, 3.8) is 0 Å². The first-order valence-electron chi connectivity index (χ1n) is 6.35. The first-order chi connectivity index (χ1) is 9.08. The van der Waals surface area contributed by atoms with E-state index in [0.717, 1.165) is 31.7 Å². The minimum Gasteiger partial charge on any atom is -0.351 e. The van der Waals surface area contributed by atoms with Gasteiger partial charge in [0.1, 0.15) is 0 Å². The number of hydrogen-bond donors (Lipinski definition) is 1. The summed E-state index contributed by atoms with van der Waals surface area (Å²) in [6, 6.07) is 3.65. The third-order valence-corrected chi connectivity index (χ3v) is 5.13. The second kappa shape index (κ2) is 5.90. The number of nitrogens with one attached hydrogen (secondary N) is 1. The Morgan fingerprint density at radius 3 is 2.68 bits per heavy atom. The Morgan fingerprint density at radius 1 is 1.37 bits per heavy atom. The zero-order chi connectivity index (χ0) is 13.9. The molecule has 0 radical (unpaired) electrons. The number of benzene rings is 1. The molecule has 0 bridgehead atoms. The van der Waals surface area contributed by atoms with Crippen molar-refractivity contribution in [3.05, 3.63) is 35.4 Å². The van der Waals surface area contributed by atoms with Crippen molar-refractivity contribution in [2.45, 2.75) is 30.4 Å². The van der Waals surface area contributed by atoms with E-state index in [-0.39, 0.29) is 10.3 Å². The fourth-order valence-electron chi connectivity index (χ4n) is 2.49. The van der Waals surface area contributed by atoms with Gasteiger partial charge in [-0.25, -0.2) is 8.78 Å². The van der Waals surface area contributed by atoms with Gasteiger partial charge in [0, 0.05) is 11.3 Å². The molecule has 0 atom stereocenters. The highest BCUT2D eigenvalue weighted by Crippen LogP contribution is 2.39. The van der Waals surface area contributed by atoms with E-state index in [1.807, 2.05) is 6.26 Å². The van der Waals surface area contributed by atoms with Crippen LogP contribution in [0.4, 0.5) is 8.78 Å². The molecule has 1 aliphatic carbocycles. The van der Waals surface area contributed by atoms with E-state index < -0.39 is 17.5 Å². The molecule has 1 fully saturated rings. The minimum atomic E-state index is -1.08. The Hall–Kier alpha value is -1.10. The van der Waals surface area contributed by atoms with E-state index in [1.165, 1.54) is 12.1 Å². The maximum absolute atomic E-state index is 13.5. The minimum absolute atomic E-state index is 0.0550. The Kier molecular flexibility index (Phi) is 4.45. The van der Waals surface area contributed by atoms with Crippen molar-refractivity contribution in [1.29, 1.82) is 0 Å². The maximum Gasteiger partial charge on any atom is 0.254 e. The molecular formula is C14H17F2NOS. The molecule has 1 N–H and O–H groups in total. The molecular weight excluding hydrogens is 268 g/mol. The summed E-state index contributed by atoms with van der Waals surface area (Å²) < 4.78 is 26.6. The van der Waals surface area contributed by atoms with Gasteiger partial charge in [0.2, 0.25) is 0 Å². The highest BCUT2D eigenvalue weighted by molar-refractivity contribution is 8.00. The number of rotatable bonds is 4. The first-order valence-corrected chi connectivity index (χ1v) is 7.58. The molecule has 1 aromatic carbocycles. The van der Waals surface area contributed by atoms with Crippen LogP contribution in [0.3, 0.4) is 0 Å². The molecule has 1 aliphatic rings. The standard InChI is InChI=1S/C14H17F2NOS/c1-19-14(7-2-3-8-14)9-17-13(18)10-5-4-6-11(15)12(10)16/h4-6H,2-3,7-9H2,1H3,(H,17,18). The highest BCUT2D eigenvalue weighted by atomic mass is 32.2. The number of carbonyl (C=O) groups excluding carboxylic acids is 1. The monoisotopic (exact) mass is 285 g/mol. The van der Waals surface area contributed by atoms with Gasteiger partial charge in [-0.05, 0) is 31.2 Å². The summed E-state index contributed by atoms with van der Waals surface area (Å²) in [6.45, 7) is 0.503. The summed E-state index contributed by atoms with van der Waals surface area (Å²) in [5, 5.41) is 2.73. The lowest BCUT2D eigenvalue weighted by Gasteiger charge is -2.26. The molecule has 0 aromatic heterocycles. The average molecular weight is 285 g/mol. The summed E-state index contributed by atoms with van der Waals surface area (Å²) >= 11 is 1.74. The van der Waals surface area contributed by atoms with E-state index in [9.17, 15) is 13.6 Å². The van der Waals surface area contributed by atoms with Crippen molar-refractivity contribution in [2.75, 3.05) is 12.8 Å². The second-order valence-electron chi connectivity index (χ2n) is 4.88. The third-order valence-electron chi connectivity index (χ3n) is 3.72. The van der Waals surface area contributed by atoms with Crippen LogP contribution >= 0.6 is 11.8 Å². The van der Waals surface area contributed by atoms with E-state index in [0.29, 0.717) is 6.54 Å². The fraction of sp³-hybridized carbons (Fsp3) is 0.500. The lowest BCUT2D eigenvalue weighted by molar-refractivity contribution is 0.0944. The molecule has 0 heterocycles. The molecule has 1 aromatic rings. The molecule has 2 rings (SSSR count). The molecule has 0 spiro atoms. The Balaban J connectivity index is 2.03. The zero-order valence-corrected chi connectivity index (χ0v) is 11.7. The average Bonchev–Trinajstić information content (AvgIpc) is 2.89. The van der Waals surface area contributed by atoms with Crippen LogP contribution < -0.4 is 5.32 Å². The molecule has 19 heavy (non-hydrogen) atoms. The zero-order valence-electron chi connectivity index (χ0n) is 10.8. The Labute approximate surface area is 116 Å². The number of thioether (sulfide) groups is 1. The van der Waals surface area contributed by atoms with Crippen molar-refractivity contribution >= 4 is 17.7 Å². The predicted molar refractivity (Wildman–Crippen MR) is 73.4 cm³/mol. The van der Waals surface area contributed by atoms with Crippen molar-refractivity contribution in [1.82, 2.24) is 5.32 Å². The van der Waals surface area contributed by atoms with Gasteiger partial charge in [0.15, 0.2) is 11.6 Å². The molecule has 0 aliphatic heterocycles. The topological polar surface area (TPSA) is 29.1 Å². The fourth-order valence-corrected chi connectivity index (χ4v) is 3.40. The number of carbonyl (C=O) groups is 1. The number of amides is 1. The number of halogens is 2. The van der Waals surface area contributed by atoms with Gasteiger partial charge in [-0.2, -0.15) is 11.8 Å². The van der Waals surface area contributed by atoms with Crippen LogP contribution in [0.15, 0.2) is 18.2 Å². The molecule has 1 saturated carbocycles. The molecule has 104 valence electrons. The smallest absolute Gasteiger partial charge is 0.254 e. The van der Waals surface area contributed by atoms with Crippen molar-refractivity contribution < 1.29 is 13.6 Å². The summed E-state index contributed by atoms with van der Waals surface area (Å²) in [7, 11) is 0. The van der Waals surface area contributed by atoms with E-state index >= 15 is 0 Å². The maximum atomic E-state index is 13.5. The first kappa shape index (κ1) is 14.3. The van der Waals surface area contributed by atoms with Gasteiger partial charge in [0.25, 0.3) is 5.91 Å². The Morgan fingerprint density at radius 2 is 2.05 bits per heavy atom. The Bertz CT molecular complexity index is 473. The quantitative estimate of drug-likeness (QED) is 0.919. The van der Waals surface area contributed by atoms with Gasteiger partial charge >= 0.3 is 0 Å².